The summed E-state index contributed by atoms with van der Waals surface area (Å²) in [4.78, 5) is 0. The first kappa shape index (κ1) is 18.2. The number of unbranched alkanes of at least 4 members (excludes halogenated alkanes) is 2. The van der Waals surface area contributed by atoms with Crippen LogP contribution in [0, 0.1) is 0 Å². The average molecular weight is 326 g/mol. The number of aryl methyl sites for hydroxylation is 2. The maximum Gasteiger partial charge on any atom is 0.0129 e. The molecular weight excluding hydrogens is 295 g/mol. The number of benzene rings is 2. The van der Waals surface area contributed by atoms with Gasteiger partial charge in [-0.1, -0.05) is 75.2 Å². The van der Waals surface area contributed by atoms with Gasteiger partial charge in [0, 0.05) is 5.92 Å². The molecule has 2 aromatic carbocycles. The smallest absolute Gasteiger partial charge is 0.0129 e. The molecule has 0 spiro atoms. The van der Waals surface area contributed by atoms with E-state index in [1.165, 1.54) is 60.8 Å². The molecule has 0 saturated carbocycles. The minimum Gasteiger partial charge on any atom is -0.137 e. The van der Waals surface area contributed by atoms with Crippen LogP contribution in [-0.2, 0) is 12.8 Å². The first-order chi connectivity index (χ1) is 11.3. The van der Waals surface area contributed by atoms with Crippen molar-refractivity contribution in [1.82, 2.24) is 0 Å². The Bertz CT molecular complexity index is 537. The highest BCUT2D eigenvalue weighted by atomic mass is 31.0. The summed E-state index contributed by atoms with van der Waals surface area (Å²) in [7, 11) is 2.98. The number of hydrogen-bond donors (Lipinski definition) is 0. The molecule has 1 heteroatoms. The van der Waals surface area contributed by atoms with Gasteiger partial charge in [0.15, 0.2) is 0 Å². The SMILES string of the molecule is CCCCc1ccccc1C(CP)c1ccccc1CCCC. The Morgan fingerprint density at radius 2 is 1.17 bits per heavy atom. The first-order valence-corrected chi connectivity index (χ1v) is 9.99. The van der Waals surface area contributed by atoms with Gasteiger partial charge in [-0.2, -0.15) is 0 Å². The van der Waals surface area contributed by atoms with Crippen LogP contribution in [0.4, 0.5) is 0 Å². The maximum atomic E-state index is 2.98. The van der Waals surface area contributed by atoms with Crippen LogP contribution in [0.3, 0.4) is 0 Å². The standard InChI is InChI=1S/C22H31P/c1-3-5-11-18-13-7-9-15-20(18)22(17-23)21-16-10-8-14-19(21)12-6-4-2/h7-10,13-16,22H,3-6,11-12,17,23H2,1-2H3. The molecule has 0 heterocycles. The highest BCUT2D eigenvalue weighted by Crippen LogP contribution is 2.32. The first-order valence-electron chi connectivity index (χ1n) is 9.17. The van der Waals surface area contributed by atoms with E-state index in [2.05, 4.69) is 71.6 Å². The van der Waals surface area contributed by atoms with Crippen molar-refractivity contribution in [3.8, 4) is 0 Å². The van der Waals surface area contributed by atoms with Crippen LogP contribution >= 0.6 is 9.24 Å². The lowest BCUT2D eigenvalue weighted by Gasteiger charge is -2.22. The molecule has 0 aliphatic carbocycles. The van der Waals surface area contributed by atoms with Crippen LogP contribution in [0.15, 0.2) is 48.5 Å². The molecule has 1 unspecified atom stereocenters. The van der Waals surface area contributed by atoms with Crippen molar-refractivity contribution in [2.75, 3.05) is 6.16 Å². The molecule has 2 aromatic rings. The van der Waals surface area contributed by atoms with Crippen molar-refractivity contribution in [2.24, 2.45) is 0 Å². The van der Waals surface area contributed by atoms with Crippen LogP contribution < -0.4 is 0 Å². The highest BCUT2D eigenvalue weighted by Gasteiger charge is 2.18. The summed E-state index contributed by atoms with van der Waals surface area (Å²) in [6.45, 7) is 4.55. The van der Waals surface area contributed by atoms with Gasteiger partial charge in [-0.05, 0) is 54.1 Å². The minimum absolute atomic E-state index is 0.501. The molecular formula is C22H31P. The predicted molar refractivity (Wildman–Crippen MR) is 107 cm³/mol. The molecule has 0 aliphatic heterocycles. The lowest BCUT2D eigenvalue weighted by molar-refractivity contribution is 0.763. The predicted octanol–water partition coefficient (Wildman–Crippen LogP) is 6.38. The summed E-state index contributed by atoms with van der Waals surface area (Å²) in [5.74, 6) is 0.501. The zero-order valence-corrected chi connectivity index (χ0v) is 15.9. The summed E-state index contributed by atoms with van der Waals surface area (Å²) in [6.07, 6.45) is 8.55. The highest BCUT2D eigenvalue weighted by molar-refractivity contribution is 7.16. The second-order valence-electron chi connectivity index (χ2n) is 6.39. The third kappa shape index (κ3) is 4.92. The molecule has 2 rings (SSSR count). The van der Waals surface area contributed by atoms with Gasteiger partial charge >= 0.3 is 0 Å². The Morgan fingerprint density at radius 1 is 0.739 bits per heavy atom. The zero-order chi connectivity index (χ0) is 16.5. The number of hydrogen-bond acceptors (Lipinski definition) is 0. The Morgan fingerprint density at radius 3 is 1.57 bits per heavy atom. The molecule has 0 aromatic heterocycles. The van der Waals surface area contributed by atoms with Crippen molar-refractivity contribution in [3.63, 3.8) is 0 Å². The van der Waals surface area contributed by atoms with Gasteiger partial charge in [0.2, 0.25) is 0 Å². The second kappa shape index (κ2) is 9.89. The summed E-state index contributed by atoms with van der Waals surface area (Å²) < 4.78 is 0. The van der Waals surface area contributed by atoms with Crippen molar-refractivity contribution in [2.45, 2.75) is 58.3 Å². The fraction of sp³-hybridized carbons (Fsp3) is 0.455. The summed E-state index contributed by atoms with van der Waals surface area (Å²) in [5.41, 5.74) is 6.12. The van der Waals surface area contributed by atoms with Crippen LogP contribution in [0.5, 0.6) is 0 Å². The Kier molecular flexibility index (Phi) is 7.83. The molecule has 23 heavy (non-hydrogen) atoms. The third-order valence-electron chi connectivity index (χ3n) is 4.70. The summed E-state index contributed by atoms with van der Waals surface area (Å²) in [5, 5.41) is 0. The molecule has 0 nitrogen and oxygen atoms in total. The molecule has 1 atom stereocenters. The monoisotopic (exact) mass is 326 g/mol. The fourth-order valence-corrected chi connectivity index (χ4v) is 3.87. The van der Waals surface area contributed by atoms with E-state index in [1.807, 2.05) is 0 Å². The molecule has 124 valence electrons. The molecule has 0 amide bonds. The largest absolute Gasteiger partial charge is 0.137 e. The van der Waals surface area contributed by atoms with E-state index in [0.717, 1.165) is 6.16 Å². The fourth-order valence-electron chi connectivity index (χ4n) is 3.36. The Labute approximate surface area is 144 Å². The van der Waals surface area contributed by atoms with E-state index in [1.54, 1.807) is 0 Å². The van der Waals surface area contributed by atoms with Crippen molar-refractivity contribution >= 4 is 9.24 Å². The molecule has 0 N–H and O–H groups in total. The van der Waals surface area contributed by atoms with E-state index in [4.69, 9.17) is 0 Å². The van der Waals surface area contributed by atoms with Gasteiger partial charge < -0.3 is 0 Å². The molecule has 0 bridgehead atoms. The summed E-state index contributed by atoms with van der Waals surface area (Å²) >= 11 is 0. The topological polar surface area (TPSA) is 0 Å². The molecule has 0 saturated heterocycles. The average Bonchev–Trinajstić information content (AvgIpc) is 2.60. The van der Waals surface area contributed by atoms with Gasteiger partial charge in [-0.15, -0.1) is 9.24 Å². The third-order valence-corrected chi connectivity index (χ3v) is 5.17. The van der Waals surface area contributed by atoms with Crippen LogP contribution in [-0.4, -0.2) is 6.16 Å². The van der Waals surface area contributed by atoms with Crippen LogP contribution in [0.25, 0.3) is 0 Å². The van der Waals surface area contributed by atoms with E-state index in [-0.39, 0.29) is 0 Å². The zero-order valence-electron chi connectivity index (χ0n) is 14.7. The second-order valence-corrected chi connectivity index (χ2v) is 6.86. The maximum absolute atomic E-state index is 2.98. The quantitative estimate of drug-likeness (QED) is 0.469. The van der Waals surface area contributed by atoms with E-state index < -0.39 is 0 Å². The Hall–Kier alpha value is -1.13. The Balaban J connectivity index is 2.37. The van der Waals surface area contributed by atoms with E-state index in [0.29, 0.717) is 5.92 Å². The lowest BCUT2D eigenvalue weighted by Crippen LogP contribution is -2.09. The van der Waals surface area contributed by atoms with Gasteiger partial charge in [0.1, 0.15) is 0 Å². The summed E-state index contributed by atoms with van der Waals surface area (Å²) in [6, 6.07) is 18.1. The molecule has 0 fully saturated rings. The van der Waals surface area contributed by atoms with E-state index >= 15 is 0 Å². The molecule has 0 radical (unpaired) electrons. The number of rotatable bonds is 9. The van der Waals surface area contributed by atoms with Crippen LogP contribution in [0.1, 0.15) is 67.7 Å². The van der Waals surface area contributed by atoms with Gasteiger partial charge in [-0.25, -0.2) is 0 Å². The lowest BCUT2D eigenvalue weighted by atomic mass is 9.84. The minimum atomic E-state index is 0.501. The van der Waals surface area contributed by atoms with Crippen molar-refractivity contribution in [1.29, 1.82) is 0 Å². The van der Waals surface area contributed by atoms with Gasteiger partial charge in [-0.3, -0.25) is 0 Å². The van der Waals surface area contributed by atoms with Crippen molar-refractivity contribution in [3.05, 3.63) is 70.8 Å². The van der Waals surface area contributed by atoms with Crippen LogP contribution in [0.2, 0.25) is 0 Å². The molecule has 0 aliphatic rings. The van der Waals surface area contributed by atoms with Crippen molar-refractivity contribution < 1.29 is 0 Å². The normalized spacial score (nSPS) is 11.1. The van der Waals surface area contributed by atoms with Gasteiger partial charge in [0.25, 0.3) is 0 Å². The van der Waals surface area contributed by atoms with E-state index in [9.17, 15) is 0 Å². The van der Waals surface area contributed by atoms with Gasteiger partial charge in [0.05, 0.1) is 0 Å².